The largest absolute Gasteiger partial charge is 0.311 e. The van der Waals surface area contributed by atoms with Crippen molar-refractivity contribution in [1.82, 2.24) is 15.2 Å². The molecular weight excluding hydrogens is 222 g/mol. The number of likely N-dealkylation sites (N-methyl/N-ethyl adjacent to an activating group) is 1. The van der Waals surface area contributed by atoms with E-state index < -0.39 is 0 Å². The first kappa shape index (κ1) is 13.4. The van der Waals surface area contributed by atoms with Gasteiger partial charge >= 0.3 is 0 Å². The molecule has 0 bridgehead atoms. The summed E-state index contributed by atoms with van der Waals surface area (Å²) in [7, 11) is 2.21. The van der Waals surface area contributed by atoms with Gasteiger partial charge in [0.15, 0.2) is 0 Å². The number of nitrogens with zero attached hydrogens (tertiary/aromatic N) is 2. The second-order valence-corrected chi connectivity index (χ2v) is 4.27. The molecule has 3 nitrogen and oxygen atoms in total. The number of halogens is 1. The highest BCUT2D eigenvalue weighted by molar-refractivity contribution is 5.85. The van der Waals surface area contributed by atoms with Crippen LogP contribution in [0.5, 0.6) is 0 Å². The SMILES string of the molecule is CN1CCCC1CNCc1cccnc1.Cl. The van der Waals surface area contributed by atoms with Crippen molar-refractivity contribution in [2.24, 2.45) is 0 Å². The lowest BCUT2D eigenvalue weighted by molar-refractivity contribution is 0.300. The number of hydrogen-bond acceptors (Lipinski definition) is 3. The van der Waals surface area contributed by atoms with E-state index in [1.165, 1.54) is 24.9 Å². The zero-order chi connectivity index (χ0) is 10.5. The highest BCUT2D eigenvalue weighted by Crippen LogP contribution is 2.13. The third kappa shape index (κ3) is 3.74. The topological polar surface area (TPSA) is 28.2 Å². The fourth-order valence-corrected chi connectivity index (χ4v) is 2.12. The van der Waals surface area contributed by atoms with Gasteiger partial charge in [-0.1, -0.05) is 6.07 Å². The number of pyridine rings is 1. The van der Waals surface area contributed by atoms with Crippen molar-refractivity contribution in [1.29, 1.82) is 0 Å². The van der Waals surface area contributed by atoms with E-state index >= 15 is 0 Å². The molecule has 0 radical (unpaired) electrons. The average Bonchev–Trinajstić information content (AvgIpc) is 2.66. The lowest BCUT2D eigenvalue weighted by Gasteiger charge is -2.19. The predicted octanol–water partition coefficient (Wildman–Crippen LogP) is 1.69. The van der Waals surface area contributed by atoms with Crippen molar-refractivity contribution < 1.29 is 0 Å². The fraction of sp³-hybridized carbons (Fsp3) is 0.583. The first-order chi connectivity index (χ1) is 7.36. The van der Waals surface area contributed by atoms with Crippen molar-refractivity contribution >= 4 is 12.4 Å². The second-order valence-electron chi connectivity index (χ2n) is 4.27. The highest BCUT2D eigenvalue weighted by Gasteiger charge is 2.19. The Bertz CT molecular complexity index is 292. The van der Waals surface area contributed by atoms with Gasteiger partial charge in [0.2, 0.25) is 0 Å². The predicted molar refractivity (Wildman–Crippen MR) is 68.8 cm³/mol. The van der Waals surface area contributed by atoms with E-state index in [-0.39, 0.29) is 12.4 Å². The van der Waals surface area contributed by atoms with E-state index in [0.29, 0.717) is 0 Å². The van der Waals surface area contributed by atoms with Crippen molar-refractivity contribution in [3.8, 4) is 0 Å². The molecular formula is C12H20ClN3. The van der Waals surface area contributed by atoms with Crippen LogP contribution in [0.3, 0.4) is 0 Å². The van der Waals surface area contributed by atoms with Gasteiger partial charge in [-0.15, -0.1) is 12.4 Å². The zero-order valence-corrected chi connectivity index (χ0v) is 10.5. The molecule has 0 amide bonds. The lowest BCUT2D eigenvalue weighted by atomic mass is 10.2. The zero-order valence-electron chi connectivity index (χ0n) is 9.72. The van der Waals surface area contributed by atoms with Gasteiger partial charge in [0.05, 0.1) is 0 Å². The summed E-state index contributed by atoms with van der Waals surface area (Å²) >= 11 is 0. The molecule has 0 aromatic carbocycles. The van der Waals surface area contributed by atoms with Crippen LogP contribution in [-0.2, 0) is 6.54 Å². The minimum absolute atomic E-state index is 0. The smallest absolute Gasteiger partial charge is 0.0312 e. The molecule has 4 heteroatoms. The summed E-state index contributed by atoms with van der Waals surface area (Å²) in [6.45, 7) is 3.27. The van der Waals surface area contributed by atoms with Crippen LogP contribution in [0.4, 0.5) is 0 Å². The Hall–Kier alpha value is -0.640. The summed E-state index contributed by atoms with van der Waals surface area (Å²) in [5.41, 5.74) is 1.26. The molecule has 1 saturated heterocycles. The molecule has 1 aliphatic rings. The summed E-state index contributed by atoms with van der Waals surface area (Å²) in [4.78, 5) is 6.54. The maximum atomic E-state index is 4.10. The van der Waals surface area contributed by atoms with Crippen LogP contribution in [0.25, 0.3) is 0 Å². The van der Waals surface area contributed by atoms with Crippen LogP contribution in [0, 0.1) is 0 Å². The molecule has 1 atom stereocenters. The number of aromatic nitrogens is 1. The molecule has 1 N–H and O–H groups in total. The van der Waals surface area contributed by atoms with Gasteiger partial charge < -0.3 is 10.2 Å². The Kier molecular flexibility index (Phi) is 5.74. The molecule has 1 unspecified atom stereocenters. The van der Waals surface area contributed by atoms with Crippen molar-refractivity contribution in [2.45, 2.75) is 25.4 Å². The summed E-state index contributed by atoms with van der Waals surface area (Å²) in [6, 6.07) is 4.82. The Morgan fingerprint density at radius 3 is 3.06 bits per heavy atom. The van der Waals surface area contributed by atoms with E-state index in [0.717, 1.165) is 19.1 Å². The number of nitrogens with one attached hydrogen (secondary N) is 1. The van der Waals surface area contributed by atoms with Gasteiger partial charge in [-0.3, -0.25) is 4.98 Å². The van der Waals surface area contributed by atoms with Crippen LogP contribution in [0.1, 0.15) is 18.4 Å². The standard InChI is InChI=1S/C12H19N3.ClH/c1-15-7-3-5-12(15)10-14-9-11-4-2-6-13-8-11;/h2,4,6,8,12,14H,3,5,7,9-10H2,1H3;1H. The third-order valence-corrected chi connectivity index (χ3v) is 3.10. The molecule has 1 aromatic heterocycles. The first-order valence-corrected chi connectivity index (χ1v) is 5.66. The maximum absolute atomic E-state index is 4.10. The van der Waals surface area contributed by atoms with E-state index in [4.69, 9.17) is 0 Å². The van der Waals surface area contributed by atoms with Crippen LogP contribution >= 0.6 is 12.4 Å². The van der Waals surface area contributed by atoms with Gasteiger partial charge in [-0.25, -0.2) is 0 Å². The van der Waals surface area contributed by atoms with E-state index in [9.17, 15) is 0 Å². The second kappa shape index (κ2) is 6.84. The molecule has 1 fully saturated rings. The third-order valence-electron chi connectivity index (χ3n) is 3.10. The molecule has 0 spiro atoms. The van der Waals surface area contributed by atoms with Crippen LogP contribution in [0.2, 0.25) is 0 Å². The molecule has 90 valence electrons. The van der Waals surface area contributed by atoms with E-state index in [1.54, 1.807) is 0 Å². The maximum Gasteiger partial charge on any atom is 0.0312 e. The molecule has 16 heavy (non-hydrogen) atoms. The highest BCUT2D eigenvalue weighted by atomic mass is 35.5. The monoisotopic (exact) mass is 241 g/mol. The normalized spacial score (nSPS) is 20.7. The summed E-state index contributed by atoms with van der Waals surface area (Å²) in [6.07, 6.45) is 6.41. The van der Waals surface area contributed by atoms with Crippen molar-refractivity contribution in [3.05, 3.63) is 30.1 Å². The Morgan fingerprint density at radius 2 is 2.44 bits per heavy atom. The average molecular weight is 242 g/mol. The first-order valence-electron chi connectivity index (χ1n) is 5.66. The van der Waals surface area contributed by atoms with Crippen LogP contribution < -0.4 is 5.32 Å². The molecule has 0 saturated carbocycles. The Balaban J connectivity index is 0.00000128. The Morgan fingerprint density at radius 1 is 1.56 bits per heavy atom. The van der Waals surface area contributed by atoms with Crippen molar-refractivity contribution in [3.63, 3.8) is 0 Å². The van der Waals surface area contributed by atoms with Gasteiger partial charge in [0.25, 0.3) is 0 Å². The summed E-state index contributed by atoms with van der Waals surface area (Å²) in [5, 5.41) is 3.49. The molecule has 2 heterocycles. The van der Waals surface area contributed by atoms with Gasteiger partial charge in [-0.05, 0) is 38.1 Å². The van der Waals surface area contributed by atoms with Gasteiger partial charge in [0.1, 0.15) is 0 Å². The minimum atomic E-state index is 0. The fourth-order valence-electron chi connectivity index (χ4n) is 2.12. The number of rotatable bonds is 4. The molecule has 1 aliphatic heterocycles. The molecule has 2 rings (SSSR count). The van der Waals surface area contributed by atoms with Gasteiger partial charge in [-0.2, -0.15) is 0 Å². The van der Waals surface area contributed by atoms with Gasteiger partial charge in [0, 0.05) is 31.5 Å². The summed E-state index contributed by atoms with van der Waals surface area (Å²) < 4.78 is 0. The number of hydrogen-bond donors (Lipinski definition) is 1. The minimum Gasteiger partial charge on any atom is -0.311 e. The molecule has 0 aliphatic carbocycles. The quantitative estimate of drug-likeness (QED) is 0.870. The lowest BCUT2D eigenvalue weighted by Crippen LogP contribution is -2.35. The van der Waals surface area contributed by atoms with Crippen molar-refractivity contribution in [2.75, 3.05) is 20.1 Å². The summed E-state index contributed by atoms with van der Waals surface area (Å²) in [5.74, 6) is 0. The Labute approximate surface area is 104 Å². The van der Waals surface area contributed by atoms with E-state index in [1.807, 2.05) is 18.5 Å². The van der Waals surface area contributed by atoms with E-state index in [2.05, 4.69) is 28.3 Å². The number of likely N-dealkylation sites (tertiary alicyclic amines) is 1. The van der Waals surface area contributed by atoms with Crippen LogP contribution in [0.15, 0.2) is 24.5 Å². The van der Waals surface area contributed by atoms with Crippen LogP contribution in [-0.4, -0.2) is 36.1 Å². The molecule has 1 aromatic rings.